The Bertz CT molecular complexity index is 1390. The summed E-state index contributed by atoms with van der Waals surface area (Å²) in [5, 5.41) is 35.8. The van der Waals surface area contributed by atoms with Gasteiger partial charge in [-0.1, -0.05) is 48.6 Å². The van der Waals surface area contributed by atoms with Gasteiger partial charge in [0, 0.05) is 0 Å². The summed E-state index contributed by atoms with van der Waals surface area (Å²) < 4.78 is 0. The number of aliphatic hydroxyl groups excluding tert-OH is 1. The van der Waals surface area contributed by atoms with Crippen LogP contribution in [0.25, 0.3) is 5.57 Å². The summed E-state index contributed by atoms with van der Waals surface area (Å²) >= 11 is 0. The maximum Gasteiger partial charge on any atom is 0.301 e. The second-order valence-corrected chi connectivity index (χ2v) is 8.51. The standard InChI is InChI=1S/C25H24N8O2/c1-15-11-12-19(14-16(15)2)33-23(35)21(17(3)29-33)26-30-25(24-27-31-32-28-24)13-7-10-20(22(25)34)18-8-5-4-6-9-18/h4-14,22,30,34H,1-3H3,(H,27,28,31,32)/b26-21-. The highest BCUT2D eigenvalue weighted by atomic mass is 16.3. The number of aromatic amines is 1. The molecule has 35 heavy (non-hydrogen) atoms. The van der Waals surface area contributed by atoms with Gasteiger partial charge < -0.3 is 5.11 Å². The number of tetrazole rings is 1. The SMILES string of the molecule is CC1=NN(c2ccc(C)c(C)c2)C(=O)/C1=N\NC1(c2nnn[nH]2)C=CC=C(c2ccccc2)C1O. The second-order valence-electron chi connectivity index (χ2n) is 8.51. The molecule has 2 unspecified atom stereocenters. The van der Waals surface area contributed by atoms with Crippen molar-refractivity contribution < 1.29 is 9.90 Å². The molecule has 10 nitrogen and oxygen atoms in total. The molecule has 176 valence electrons. The molecule has 0 bridgehead atoms. The fraction of sp³-hybridized carbons (Fsp3) is 0.200. The fourth-order valence-corrected chi connectivity index (χ4v) is 4.12. The highest BCUT2D eigenvalue weighted by molar-refractivity contribution is 6.71. The molecule has 0 saturated heterocycles. The highest BCUT2D eigenvalue weighted by Gasteiger charge is 2.45. The van der Waals surface area contributed by atoms with Gasteiger partial charge in [-0.15, -0.1) is 5.10 Å². The van der Waals surface area contributed by atoms with Crippen molar-refractivity contribution in [3.8, 4) is 0 Å². The lowest BCUT2D eigenvalue weighted by Crippen LogP contribution is -2.51. The number of aliphatic hydroxyl groups is 1. The lowest BCUT2D eigenvalue weighted by atomic mass is 9.80. The third-order valence-electron chi connectivity index (χ3n) is 6.28. The van der Waals surface area contributed by atoms with Crippen LogP contribution in [0.2, 0.25) is 0 Å². The Hall–Kier alpha value is -4.44. The summed E-state index contributed by atoms with van der Waals surface area (Å²) in [5.41, 5.74) is 6.55. The maximum absolute atomic E-state index is 13.2. The molecule has 1 aromatic heterocycles. The molecule has 0 saturated carbocycles. The molecule has 2 atom stereocenters. The summed E-state index contributed by atoms with van der Waals surface area (Å²) in [7, 11) is 0. The summed E-state index contributed by atoms with van der Waals surface area (Å²) in [6, 6.07) is 15.2. The first-order valence-corrected chi connectivity index (χ1v) is 11.1. The molecule has 1 aliphatic carbocycles. The lowest BCUT2D eigenvalue weighted by Gasteiger charge is -2.36. The number of hydrogen-bond donors (Lipinski definition) is 3. The molecule has 3 aromatic rings. The van der Waals surface area contributed by atoms with E-state index in [-0.39, 0.29) is 17.4 Å². The van der Waals surface area contributed by atoms with Crippen LogP contribution in [0.1, 0.15) is 29.4 Å². The van der Waals surface area contributed by atoms with E-state index in [1.807, 2.05) is 68.5 Å². The first-order valence-electron chi connectivity index (χ1n) is 11.1. The molecule has 5 rings (SSSR count). The largest absolute Gasteiger partial charge is 0.385 e. The van der Waals surface area contributed by atoms with Gasteiger partial charge in [-0.05, 0) is 71.7 Å². The summed E-state index contributed by atoms with van der Waals surface area (Å²) in [6.07, 6.45) is 4.22. The first kappa shape index (κ1) is 22.4. The highest BCUT2D eigenvalue weighted by Crippen LogP contribution is 2.36. The molecular formula is C25H24N8O2. The predicted molar refractivity (Wildman–Crippen MR) is 133 cm³/mol. The van der Waals surface area contributed by atoms with Crippen molar-refractivity contribution in [1.82, 2.24) is 26.0 Å². The zero-order valence-corrected chi connectivity index (χ0v) is 19.5. The van der Waals surface area contributed by atoms with Gasteiger partial charge in [-0.3, -0.25) is 10.2 Å². The van der Waals surface area contributed by atoms with E-state index in [9.17, 15) is 9.90 Å². The Kier molecular flexibility index (Phi) is 5.58. The van der Waals surface area contributed by atoms with Crippen LogP contribution in [0.5, 0.6) is 0 Å². The van der Waals surface area contributed by atoms with E-state index in [0.29, 0.717) is 17.0 Å². The van der Waals surface area contributed by atoms with Crippen molar-refractivity contribution >= 4 is 28.6 Å². The third-order valence-corrected chi connectivity index (χ3v) is 6.28. The third kappa shape index (κ3) is 3.83. The monoisotopic (exact) mass is 468 g/mol. The van der Waals surface area contributed by atoms with Gasteiger partial charge in [0.25, 0.3) is 0 Å². The summed E-state index contributed by atoms with van der Waals surface area (Å²) in [6.45, 7) is 5.70. The minimum absolute atomic E-state index is 0.131. The molecule has 2 aliphatic rings. The number of aryl methyl sites for hydroxylation is 2. The number of benzene rings is 2. The number of H-pyrrole nitrogens is 1. The molecule has 1 aliphatic heterocycles. The van der Waals surface area contributed by atoms with Gasteiger partial charge in [0.2, 0.25) is 0 Å². The van der Waals surface area contributed by atoms with Gasteiger partial charge in [0.05, 0.1) is 11.4 Å². The normalized spacial score (nSPS) is 23.0. The number of aromatic nitrogens is 4. The van der Waals surface area contributed by atoms with Crippen LogP contribution in [0.3, 0.4) is 0 Å². The number of allylic oxidation sites excluding steroid dienone is 2. The van der Waals surface area contributed by atoms with Crippen molar-refractivity contribution in [1.29, 1.82) is 0 Å². The van der Waals surface area contributed by atoms with Crippen LogP contribution in [0.15, 0.2) is 77.0 Å². The van der Waals surface area contributed by atoms with Gasteiger partial charge in [-0.2, -0.15) is 15.2 Å². The lowest BCUT2D eigenvalue weighted by molar-refractivity contribution is -0.112. The molecule has 0 spiro atoms. The van der Waals surface area contributed by atoms with Gasteiger partial charge >= 0.3 is 5.91 Å². The number of rotatable bonds is 5. The topological polar surface area (TPSA) is 132 Å². The Labute approximate surface area is 201 Å². The molecule has 0 radical (unpaired) electrons. The van der Waals surface area contributed by atoms with Gasteiger partial charge in [-0.25, -0.2) is 5.10 Å². The number of nitrogens with one attached hydrogen (secondary N) is 2. The molecule has 10 heteroatoms. The Morgan fingerprint density at radius 1 is 1.11 bits per heavy atom. The average Bonchev–Trinajstić information content (AvgIpc) is 3.50. The van der Waals surface area contributed by atoms with E-state index in [4.69, 9.17) is 0 Å². The van der Waals surface area contributed by atoms with E-state index >= 15 is 0 Å². The van der Waals surface area contributed by atoms with Crippen molar-refractivity contribution in [2.75, 3.05) is 5.01 Å². The predicted octanol–water partition coefficient (Wildman–Crippen LogP) is 2.39. The minimum atomic E-state index is -1.34. The quantitative estimate of drug-likeness (QED) is 0.493. The van der Waals surface area contributed by atoms with Crippen molar-refractivity contribution in [2.45, 2.75) is 32.4 Å². The summed E-state index contributed by atoms with van der Waals surface area (Å²) in [5.74, 6) is -0.129. The maximum atomic E-state index is 13.2. The molecule has 3 N–H and O–H groups in total. The second kappa shape index (κ2) is 8.73. The van der Waals surface area contributed by atoms with Crippen LogP contribution < -0.4 is 10.4 Å². The number of amides is 1. The van der Waals surface area contributed by atoms with Crippen LogP contribution in [0, 0.1) is 13.8 Å². The number of hydrazone groups is 2. The molecular weight excluding hydrogens is 444 g/mol. The fourth-order valence-electron chi connectivity index (χ4n) is 4.12. The van der Waals surface area contributed by atoms with Gasteiger partial charge in [0.1, 0.15) is 6.10 Å². The molecule has 2 heterocycles. The van der Waals surface area contributed by atoms with Crippen molar-refractivity contribution in [3.05, 3.63) is 89.3 Å². The van der Waals surface area contributed by atoms with Crippen LogP contribution in [-0.4, -0.2) is 49.2 Å². The smallest absolute Gasteiger partial charge is 0.301 e. The van der Waals surface area contributed by atoms with Gasteiger partial charge in [0.15, 0.2) is 17.1 Å². The zero-order valence-electron chi connectivity index (χ0n) is 19.5. The molecule has 0 fully saturated rings. The molecule has 2 aromatic carbocycles. The Morgan fingerprint density at radius 2 is 1.91 bits per heavy atom. The van der Waals surface area contributed by atoms with E-state index < -0.39 is 11.6 Å². The number of nitrogens with zero attached hydrogens (tertiary/aromatic N) is 6. The minimum Gasteiger partial charge on any atom is -0.385 e. The Balaban J connectivity index is 1.49. The molecule has 1 amide bonds. The zero-order chi connectivity index (χ0) is 24.6. The number of anilines is 1. The van der Waals surface area contributed by atoms with E-state index in [0.717, 1.165) is 16.7 Å². The summed E-state index contributed by atoms with van der Waals surface area (Å²) in [4.78, 5) is 13.2. The average molecular weight is 469 g/mol. The first-order chi connectivity index (χ1) is 16.9. The number of hydrogen-bond acceptors (Lipinski definition) is 8. The number of carbonyl (C=O) groups is 1. The number of carbonyl (C=O) groups excluding carboxylic acids is 1. The van der Waals surface area contributed by atoms with Crippen LogP contribution in [0.4, 0.5) is 5.69 Å². The van der Waals surface area contributed by atoms with Crippen molar-refractivity contribution in [2.24, 2.45) is 10.2 Å². The Morgan fingerprint density at radius 3 is 2.63 bits per heavy atom. The van der Waals surface area contributed by atoms with E-state index in [1.54, 1.807) is 19.1 Å². The van der Waals surface area contributed by atoms with Crippen molar-refractivity contribution in [3.63, 3.8) is 0 Å². The van der Waals surface area contributed by atoms with Crippen LogP contribution in [-0.2, 0) is 10.3 Å². The van der Waals surface area contributed by atoms with E-state index in [1.165, 1.54) is 5.01 Å². The van der Waals surface area contributed by atoms with Crippen LogP contribution >= 0.6 is 0 Å². The van der Waals surface area contributed by atoms with E-state index in [2.05, 4.69) is 36.3 Å².